The van der Waals surface area contributed by atoms with E-state index < -0.39 is 0 Å². The summed E-state index contributed by atoms with van der Waals surface area (Å²) >= 11 is 0. The topological polar surface area (TPSA) is 46.3 Å². The van der Waals surface area contributed by atoms with E-state index in [0.29, 0.717) is 13.0 Å². The van der Waals surface area contributed by atoms with E-state index in [1.165, 1.54) is 12.1 Å². The number of nitrogens with zero attached hydrogens (tertiary/aromatic N) is 1. The Morgan fingerprint density at radius 1 is 1.25 bits per heavy atom. The molecule has 3 nitrogen and oxygen atoms in total. The molecule has 2 atom stereocenters. The zero-order valence-electron chi connectivity index (χ0n) is 12.8. The summed E-state index contributed by atoms with van der Waals surface area (Å²) in [6.45, 7) is 8.53. The predicted octanol–water partition coefficient (Wildman–Crippen LogP) is 3.11. The SMILES string of the molecule is CCN(C(=O)CC(N)C(C)C)C(C)c1ccc(F)cc1. The van der Waals surface area contributed by atoms with Crippen molar-refractivity contribution in [3.05, 3.63) is 35.6 Å². The monoisotopic (exact) mass is 280 g/mol. The third-order valence-electron chi connectivity index (χ3n) is 3.75. The van der Waals surface area contributed by atoms with Crippen molar-refractivity contribution in [2.75, 3.05) is 6.54 Å². The lowest BCUT2D eigenvalue weighted by atomic mass is 10.00. The van der Waals surface area contributed by atoms with E-state index in [0.717, 1.165) is 5.56 Å². The van der Waals surface area contributed by atoms with Crippen LogP contribution >= 0.6 is 0 Å². The summed E-state index contributed by atoms with van der Waals surface area (Å²) in [5.74, 6) is 0.0569. The van der Waals surface area contributed by atoms with Crippen LogP contribution in [0, 0.1) is 11.7 Å². The van der Waals surface area contributed by atoms with Crippen LogP contribution < -0.4 is 5.73 Å². The van der Waals surface area contributed by atoms with Gasteiger partial charge in [-0.1, -0.05) is 26.0 Å². The molecule has 0 aliphatic heterocycles. The van der Waals surface area contributed by atoms with E-state index in [9.17, 15) is 9.18 Å². The molecule has 0 radical (unpaired) electrons. The van der Waals surface area contributed by atoms with Crippen molar-refractivity contribution >= 4 is 5.91 Å². The Hall–Kier alpha value is -1.42. The van der Waals surface area contributed by atoms with Gasteiger partial charge in [0, 0.05) is 19.0 Å². The molecule has 1 rings (SSSR count). The Bertz CT molecular complexity index is 431. The summed E-state index contributed by atoms with van der Waals surface area (Å²) in [5.41, 5.74) is 6.90. The van der Waals surface area contributed by atoms with E-state index >= 15 is 0 Å². The fourth-order valence-electron chi connectivity index (χ4n) is 2.14. The van der Waals surface area contributed by atoms with Crippen LogP contribution in [-0.2, 0) is 4.79 Å². The van der Waals surface area contributed by atoms with Gasteiger partial charge in [0.05, 0.1) is 6.04 Å². The maximum absolute atomic E-state index is 13.0. The van der Waals surface area contributed by atoms with Gasteiger partial charge in [-0.25, -0.2) is 4.39 Å². The van der Waals surface area contributed by atoms with Crippen LogP contribution in [0.15, 0.2) is 24.3 Å². The molecule has 2 unspecified atom stereocenters. The number of benzene rings is 1. The van der Waals surface area contributed by atoms with E-state index in [1.807, 2.05) is 27.7 Å². The fraction of sp³-hybridized carbons (Fsp3) is 0.562. The lowest BCUT2D eigenvalue weighted by Gasteiger charge is -2.30. The zero-order chi connectivity index (χ0) is 15.3. The van der Waals surface area contributed by atoms with Crippen molar-refractivity contribution in [1.82, 2.24) is 4.90 Å². The van der Waals surface area contributed by atoms with Gasteiger partial charge in [0.2, 0.25) is 5.91 Å². The fourth-order valence-corrected chi connectivity index (χ4v) is 2.14. The lowest BCUT2D eigenvalue weighted by molar-refractivity contribution is -0.133. The van der Waals surface area contributed by atoms with E-state index in [2.05, 4.69) is 0 Å². The molecule has 0 saturated heterocycles. The molecule has 112 valence electrons. The van der Waals surface area contributed by atoms with Crippen molar-refractivity contribution in [3.8, 4) is 0 Å². The molecule has 0 spiro atoms. The molecule has 4 heteroatoms. The molecule has 20 heavy (non-hydrogen) atoms. The molecule has 2 N–H and O–H groups in total. The van der Waals surface area contributed by atoms with Crippen LogP contribution in [0.3, 0.4) is 0 Å². The second-order valence-corrected chi connectivity index (χ2v) is 5.52. The summed E-state index contributed by atoms with van der Waals surface area (Å²) in [4.78, 5) is 14.1. The van der Waals surface area contributed by atoms with Gasteiger partial charge >= 0.3 is 0 Å². The van der Waals surface area contributed by atoms with Gasteiger partial charge in [-0.2, -0.15) is 0 Å². The van der Waals surface area contributed by atoms with Crippen LogP contribution in [0.5, 0.6) is 0 Å². The highest BCUT2D eigenvalue weighted by Crippen LogP contribution is 2.21. The molecule has 1 aromatic carbocycles. The molecule has 0 bridgehead atoms. The first-order chi connectivity index (χ1) is 9.36. The van der Waals surface area contributed by atoms with E-state index in [1.54, 1.807) is 17.0 Å². The second kappa shape index (κ2) is 7.39. The van der Waals surface area contributed by atoms with Crippen LogP contribution in [0.2, 0.25) is 0 Å². The Balaban J connectivity index is 2.78. The van der Waals surface area contributed by atoms with Gasteiger partial charge in [0.1, 0.15) is 5.82 Å². The van der Waals surface area contributed by atoms with Crippen molar-refractivity contribution in [3.63, 3.8) is 0 Å². The Kier molecular flexibility index (Phi) is 6.14. The first kappa shape index (κ1) is 16.6. The van der Waals surface area contributed by atoms with Crippen molar-refractivity contribution in [2.24, 2.45) is 11.7 Å². The number of carbonyl (C=O) groups is 1. The first-order valence-electron chi connectivity index (χ1n) is 7.17. The summed E-state index contributed by atoms with van der Waals surface area (Å²) in [6.07, 6.45) is 0.344. The van der Waals surface area contributed by atoms with E-state index in [-0.39, 0.29) is 29.7 Å². The summed E-state index contributed by atoms with van der Waals surface area (Å²) < 4.78 is 13.0. The average molecular weight is 280 g/mol. The molecule has 0 aromatic heterocycles. The Morgan fingerprint density at radius 3 is 2.25 bits per heavy atom. The molecule has 0 fully saturated rings. The molecule has 1 amide bonds. The number of amides is 1. The van der Waals surface area contributed by atoms with Gasteiger partial charge in [-0.05, 0) is 37.5 Å². The van der Waals surface area contributed by atoms with Gasteiger partial charge < -0.3 is 10.6 Å². The van der Waals surface area contributed by atoms with Crippen molar-refractivity contribution < 1.29 is 9.18 Å². The molecule has 0 aliphatic rings. The maximum atomic E-state index is 13.0. The maximum Gasteiger partial charge on any atom is 0.224 e. The number of hydrogen-bond donors (Lipinski definition) is 1. The number of nitrogens with two attached hydrogens (primary N) is 1. The van der Waals surface area contributed by atoms with Gasteiger partial charge in [-0.15, -0.1) is 0 Å². The average Bonchev–Trinajstić information content (AvgIpc) is 2.39. The second-order valence-electron chi connectivity index (χ2n) is 5.52. The van der Waals surface area contributed by atoms with Crippen LogP contribution in [-0.4, -0.2) is 23.4 Å². The number of rotatable bonds is 6. The third-order valence-corrected chi connectivity index (χ3v) is 3.75. The minimum absolute atomic E-state index is 0.0468. The summed E-state index contributed by atoms with van der Waals surface area (Å²) in [7, 11) is 0. The van der Waals surface area contributed by atoms with E-state index in [4.69, 9.17) is 5.73 Å². The zero-order valence-corrected chi connectivity index (χ0v) is 12.8. The lowest BCUT2D eigenvalue weighted by Crippen LogP contribution is -2.39. The van der Waals surface area contributed by atoms with Crippen LogP contribution in [0.4, 0.5) is 4.39 Å². The highest BCUT2D eigenvalue weighted by molar-refractivity contribution is 5.77. The van der Waals surface area contributed by atoms with Crippen LogP contribution in [0.1, 0.15) is 45.7 Å². The third kappa shape index (κ3) is 4.30. The molecule has 0 aliphatic carbocycles. The van der Waals surface area contributed by atoms with Gasteiger partial charge in [-0.3, -0.25) is 4.79 Å². The predicted molar refractivity (Wildman–Crippen MR) is 79.6 cm³/mol. The normalized spacial score (nSPS) is 14.2. The van der Waals surface area contributed by atoms with Crippen molar-refractivity contribution in [2.45, 2.75) is 46.2 Å². The van der Waals surface area contributed by atoms with Gasteiger partial charge in [0.25, 0.3) is 0 Å². The highest BCUT2D eigenvalue weighted by atomic mass is 19.1. The molecule has 1 aromatic rings. The minimum atomic E-state index is -0.267. The smallest absolute Gasteiger partial charge is 0.224 e. The molecule has 0 saturated carbocycles. The largest absolute Gasteiger partial charge is 0.336 e. The molecular weight excluding hydrogens is 255 g/mol. The summed E-state index contributed by atoms with van der Waals surface area (Å²) in [6, 6.07) is 6.08. The van der Waals surface area contributed by atoms with Crippen molar-refractivity contribution in [1.29, 1.82) is 0 Å². The van der Waals surface area contributed by atoms with Gasteiger partial charge in [0.15, 0.2) is 0 Å². The number of carbonyl (C=O) groups excluding carboxylic acids is 1. The Morgan fingerprint density at radius 2 is 1.80 bits per heavy atom. The number of hydrogen-bond acceptors (Lipinski definition) is 2. The summed E-state index contributed by atoms with van der Waals surface area (Å²) in [5, 5.41) is 0. The minimum Gasteiger partial charge on any atom is -0.336 e. The first-order valence-corrected chi connectivity index (χ1v) is 7.17. The van der Waals surface area contributed by atoms with Crippen LogP contribution in [0.25, 0.3) is 0 Å². The molecular formula is C16H25FN2O. The standard InChI is InChI=1S/C16H25FN2O/c1-5-19(16(20)10-15(18)11(2)3)12(4)13-6-8-14(17)9-7-13/h6-9,11-12,15H,5,10,18H2,1-4H3. The highest BCUT2D eigenvalue weighted by Gasteiger charge is 2.22. The molecule has 0 heterocycles. The number of halogens is 1. The Labute approximate surface area is 121 Å². The quantitative estimate of drug-likeness (QED) is 0.870.